The Balaban J connectivity index is 1.41. The summed E-state index contributed by atoms with van der Waals surface area (Å²) in [4.78, 5) is 30.6. The van der Waals surface area contributed by atoms with Crippen molar-refractivity contribution < 1.29 is 14.3 Å². The van der Waals surface area contributed by atoms with Crippen LogP contribution >= 0.6 is 0 Å². The Kier molecular flexibility index (Phi) is 7.75. The Bertz CT molecular complexity index is 661. The second kappa shape index (κ2) is 10.5. The highest BCUT2D eigenvalue weighted by Crippen LogP contribution is 2.25. The average Bonchev–Trinajstić information content (AvgIpc) is 3.24. The Hall–Kier alpha value is -2.28. The van der Waals surface area contributed by atoms with Gasteiger partial charge in [0, 0.05) is 45.0 Å². The van der Waals surface area contributed by atoms with Gasteiger partial charge < -0.3 is 19.9 Å². The molecule has 1 aromatic carbocycles. The lowest BCUT2D eigenvalue weighted by atomic mass is 10.2. The number of piperazine rings is 1. The molecule has 160 valence electrons. The molecule has 1 aromatic rings. The largest absolute Gasteiger partial charge is 0.490 e. The molecule has 3 amide bonds. The first-order chi connectivity index (χ1) is 14.1. The molecule has 7 nitrogen and oxygen atoms in total. The van der Waals surface area contributed by atoms with Crippen LogP contribution in [-0.4, -0.2) is 78.6 Å². The van der Waals surface area contributed by atoms with Gasteiger partial charge in [0.2, 0.25) is 5.91 Å². The van der Waals surface area contributed by atoms with E-state index in [-0.39, 0.29) is 11.9 Å². The maximum atomic E-state index is 12.6. The molecule has 1 aliphatic carbocycles. The number of carbonyl (C=O) groups excluding carboxylic acids is 2. The highest BCUT2D eigenvalue weighted by atomic mass is 16.5. The lowest BCUT2D eigenvalue weighted by Gasteiger charge is -2.35. The van der Waals surface area contributed by atoms with Crippen molar-refractivity contribution >= 4 is 17.6 Å². The summed E-state index contributed by atoms with van der Waals surface area (Å²) >= 11 is 0. The monoisotopic (exact) mass is 402 g/mol. The van der Waals surface area contributed by atoms with Crippen molar-refractivity contribution in [1.82, 2.24) is 14.7 Å². The number of hydrogen-bond acceptors (Lipinski definition) is 4. The summed E-state index contributed by atoms with van der Waals surface area (Å²) in [5.41, 5.74) is 0.771. The van der Waals surface area contributed by atoms with Crippen molar-refractivity contribution in [1.29, 1.82) is 0 Å². The van der Waals surface area contributed by atoms with Gasteiger partial charge in [0.1, 0.15) is 5.75 Å². The van der Waals surface area contributed by atoms with Crippen molar-refractivity contribution in [2.75, 3.05) is 51.1 Å². The topological polar surface area (TPSA) is 65.1 Å². The fraction of sp³-hybridized carbons (Fsp3) is 0.636. The normalized spacial score (nSPS) is 17.9. The van der Waals surface area contributed by atoms with E-state index in [9.17, 15) is 9.59 Å². The zero-order valence-electron chi connectivity index (χ0n) is 17.7. The van der Waals surface area contributed by atoms with E-state index < -0.39 is 0 Å². The van der Waals surface area contributed by atoms with Gasteiger partial charge in [-0.05, 0) is 63.8 Å². The molecule has 0 unspecified atom stereocenters. The molecule has 0 aromatic heterocycles. The molecular formula is C22H34N4O3. The van der Waals surface area contributed by atoms with Gasteiger partial charge in [0.05, 0.1) is 12.6 Å². The molecule has 7 heteroatoms. The number of anilines is 1. The highest BCUT2D eigenvalue weighted by Gasteiger charge is 2.23. The molecule has 1 heterocycles. The van der Waals surface area contributed by atoms with Crippen LogP contribution in [0.3, 0.4) is 0 Å². The lowest BCUT2D eigenvalue weighted by Crippen LogP contribution is -2.52. The van der Waals surface area contributed by atoms with E-state index in [1.54, 1.807) is 4.90 Å². The predicted molar refractivity (Wildman–Crippen MR) is 114 cm³/mol. The SMILES string of the molecule is CCN(CC)C(=O)CN1CCN(C(=O)Nc2ccc(OC3CCCC3)cc2)CC1. The van der Waals surface area contributed by atoms with E-state index in [0.717, 1.165) is 37.4 Å². The van der Waals surface area contributed by atoms with Crippen LogP contribution in [0.15, 0.2) is 24.3 Å². The van der Waals surface area contributed by atoms with Crippen LogP contribution in [0.2, 0.25) is 0 Å². The second-order valence-electron chi connectivity index (χ2n) is 7.81. The van der Waals surface area contributed by atoms with Crippen molar-refractivity contribution in [3.63, 3.8) is 0 Å². The summed E-state index contributed by atoms with van der Waals surface area (Å²) in [6, 6.07) is 7.53. The number of nitrogens with zero attached hydrogens (tertiary/aromatic N) is 3. The highest BCUT2D eigenvalue weighted by molar-refractivity contribution is 5.89. The fourth-order valence-electron chi connectivity index (χ4n) is 3.99. The van der Waals surface area contributed by atoms with Gasteiger partial charge in [0.15, 0.2) is 0 Å². The molecule has 0 bridgehead atoms. The maximum Gasteiger partial charge on any atom is 0.321 e. The molecule has 1 N–H and O–H groups in total. The van der Waals surface area contributed by atoms with Gasteiger partial charge in [-0.1, -0.05) is 0 Å². The van der Waals surface area contributed by atoms with Crippen LogP contribution in [0.4, 0.5) is 10.5 Å². The van der Waals surface area contributed by atoms with Gasteiger partial charge in [0.25, 0.3) is 0 Å². The number of amides is 3. The van der Waals surface area contributed by atoms with Gasteiger partial charge in [-0.3, -0.25) is 9.69 Å². The Morgan fingerprint density at radius 3 is 2.24 bits per heavy atom. The van der Waals surface area contributed by atoms with E-state index in [2.05, 4.69) is 10.2 Å². The van der Waals surface area contributed by atoms with Crippen molar-refractivity contribution in [2.24, 2.45) is 0 Å². The van der Waals surface area contributed by atoms with Crippen molar-refractivity contribution in [2.45, 2.75) is 45.6 Å². The van der Waals surface area contributed by atoms with Gasteiger partial charge in [-0.15, -0.1) is 0 Å². The molecule has 1 saturated heterocycles. The van der Waals surface area contributed by atoms with E-state index in [1.807, 2.05) is 43.0 Å². The summed E-state index contributed by atoms with van der Waals surface area (Å²) in [5.74, 6) is 1.02. The molecule has 2 aliphatic rings. The lowest BCUT2D eigenvalue weighted by molar-refractivity contribution is -0.132. The molecule has 1 aliphatic heterocycles. The van der Waals surface area contributed by atoms with Crippen molar-refractivity contribution in [3.05, 3.63) is 24.3 Å². The first-order valence-corrected chi connectivity index (χ1v) is 10.9. The van der Waals surface area contributed by atoms with Crippen LogP contribution in [0.1, 0.15) is 39.5 Å². The third-order valence-corrected chi connectivity index (χ3v) is 5.85. The molecule has 2 fully saturated rings. The summed E-state index contributed by atoms with van der Waals surface area (Å²) in [6.45, 7) is 8.59. The van der Waals surface area contributed by atoms with Crippen LogP contribution in [0.25, 0.3) is 0 Å². The zero-order valence-corrected chi connectivity index (χ0v) is 17.7. The molecule has 0 spiro atoms. The summed E-state index contributed by atoms with van der Waals surface area (Å²) in [6.07, 6.45) is 5.09. The Morgan fingerprint density at radius 1 is 1.03 bits per heavy atom. The van der Waals surface area contributed by atoms with E-state index in [1.165, 1.54) is 12.8 Å². The van der Waals surface area contributed by atoms with Gasteiger partial charge >= 0.3 is 6.03 Å². The number of carbonyl (C=O) groups is 2. The molecule has 0 atom stereocenters. The minimum Gasteiger partial charge on any atom is -0.490 e. The zero-order chi connectivity index (χ0) is 20.6. The fourth-order valence-corrected chi connectivity index (χ4v) is 3.99. The Morgan fingerprint density at radius 2 is 1.66 bits per heavy atom. The number of rotatable bonds is 7. The standard InChI is InChI=1S/C22H34N4O3/c1-3-25(4-2)21(27)17-24-13-15-26(16-14-24)22(28)23-18-9-11-20(12-10-18)29-19-7-5-6-8-19/h9-12,19H,3-8,13-17H2,1-2H3,(H,23,28). The van der Waals surface area contributed by atoms with Crippen LogP contribution < -0.4 is 10.1 Å². The number of nitrogens with one attached hydrogen (secondary N) is 1. The van der Waals surface area contributed by atoms with Crippen LogP contribution in [0.5, 0.6) is 5.75 Å². The third kappa shape index (κ3) is 6.10. The smallest absolute Gasteiger partial charge is 0.321 e. The molecule has 1 saturated carbocycles. The minimum atomic E-state index is -0.0934. The number of hydrogen-bond donors (Lipinski definition) is 1. The summed E-state index contributed by atoms with van der Waals surface area (Å²) < 4.78 is 5.97. The summed E-state index contributed by atoms with van der Waals surface area (Å²) in [5, 5.41) is 2.96. The van der Waals surface area contributed by atoms with Crippen molar-refractivity contribution in [3.8, 4) is 5.75 Å². The van der Waals surface area contributed by atoms with Crippen LogP contribution in [0, 0.1) is 0 Å². The number of urea groups is 1. The second-order valence-corrected chi connectivity index (χ2v) is 7.81. The quantitative estimate of drug-likeness (QED) is 0.761. The minimum absolute atomic E-state index is 0.0934. The molecular weight excluding hydrogens is 368 g/mol. The van der Waals surface area contributed by atoms with E-state index >= 15 is 0 Å². The Labute approximate surface area is 174 Å². The average molecular weight is 403 g/mol. The first-order valence-electron chi connectivity index (χ1n) is 10.9. The van der Waals surface area contributed by atoms with E-state index in [4.69, 9.17) is 4.74 Å². The molecule has 0 radical (unpaired) electrons. The summed E-state index contributed by atoms with van der Waals surface area (Å²) in [7, 11) is 0. The van der Waals surface area contributed by atoms with Gasteiger partial charge in [-0.25, -0.2) is 4.79 Å². The maximum absolute atomic E-state index is 12.6. The van der Waals surface area contributed by atoms with E-state index in [0.29, 0.717) is 38.8 Å². The molecule has 29 heavy (non-hydrogen) atoms. The number of likely N-dealkylation sites (N-methyl/N-ethyl adjacent to an activating group) is 1. The number of benzene rings is 1. The predicted octanol–water partition coefficient (Wildman–Crippen LogP) is 3.03. The van der Waals surface area contributed by atoms with Crippen LogP contribution in [-0.2, 0) is 4.79 Å². The number of ether oxygens (including phenoxy) is 1. The third-order valence-electron chi connectivity index (χ3n) is 5.85. The molecule has 3 rings (SSSR count). The van der Waals surface area contributed by atoms with Gasteiger partial charge in [-0.2, -0.15) is 0 Å². The first kappa shape index (κ1) is 21.4.